The number of amides is 3. The average molecular weight is 285 g/mol. The number of hydrogen-bond donors (Lipinski definition) is 3. The number of hydrogen-bond acceptors (Lipinski definition) is 3. The van der Waals surface area contributed by atoms with Crippen molar-refractivity contribution in [2.24, 2.45) is 0 Å². The molecule has 0 spiro atoms. The SMILES string of the molecule is CC(C)NC(=O)CN(C)C(=O)NC1(C(=O)O)CCCC1. The van der Waals surface area contributed by atoms with Gasteiger partial charge < -0.3 is 20.6 Å². The lowest BCUT2D eigenvalue weighted by Crippen LogP contribution is -2.56. The molecule has 3 N–H and O–H groups in total. The van der Waals surface area contributed by atoms with Gasteiger partial charge in [-0.2, -0.15) is 0 Å². The molecule has 0 aromatic carbocycles. The third-order valence-electron chi connectivity index (χ3n) is 3.39. The highest BCUT2D eigenvalue weighted by molar-refractivity contribution is 5.88. The first-order valence-corrected chi connectivity index (χ1v) is 6.83. The molecule has 0 heterocycles. The molecule has 7 nitrogen and oxygen atoms in total. The predicted molar refractivity (Wildman–Crippen MR) is 73.3 cm³/mol. The lowest BCUT2D eigenvalue weighted by Gasteiger charge is -2.28. The van der Waals surface area contributed by atoms with Crippen molar-refractivity contribution in [3.8, 4) is 0 Å². The molecule has 7 heteroatoms. The van der Waals surface area contributed by atoms with Gasteiger partial charge in [-0.1, -0.05) is 12.8 Å². The molecular formula is C13H23N3O4. The molecule has 0 aliphatic heterocycles. The summed E-state index contributed by atoms with van der Waals surface area (Å²) >= 11 is 0. The first-order valence-electron chi connectivity index (χ1n) is 6.83. The maximum absolute atomic E-state index is 12.0. The van der Waals surface area contributed by atoms with Crippen molar-refractivity contribution in [2.75, 3.05) is 13.6 Å². The molecule has 1 aliphatic rings. The van der Waals surface area contributed by atoms with Crippen molar-refractivity contribution in [1.82, 2.24) is 15.5 Å². The fourth-order valence-corrected chi connectivity index (χ4v) is 2.33. The van der Waals surface area contributed by atoms with Crippen LogP contribution in [0.1, 0.15) is 39.5 Å². The molecule has 20 heavy (non-hydrogen) atoms. The van der Waals surface area contributed by atoms with Crippen molar-refractivity contribution in [3.63, 3.8) is 0 Å². The average Bonchev–Trinajstić information content (AvgIpc) is 2.77. The Hall–Kier alpha value is -1.79. The Morgan fingerprint density at radius 3 is 2.25 bits per heavy atom. The summed E-state index contributed by atoms with van der Waals surface area (Å²) in [5.74, 6) is -1.28. The highest BCUT2D eigenvalue weighted by Crippen LogP contribution is 2.30. The lowest BCUT2D eigenvalue weighted by atomic mass is 9.98. The highest BCUT2D eigenvalue weighted by Gasteiger charge is 2.43. The molecule has 1 aliphatic carbocycles. The summed E-state index contributed by atoms with van der Waals surface area (Å²) in [5.41, 5.74) is -1.18. The number of nitrogens with zero attached hydrogens (tertiary/aromatic N) is 1. The summed E-state index contributed by atoms with van der Waals surface area (Å²) in [6.07, 6.45) is 2.43. The van der Waals surface area contributed by atoms with E-state index in [4.69, 9.17) is 0 Å². The molecule has 0 bridgehead atoms. The standard InChI is InChI=1S/C13H23N3O4/c1-9(2)14-10(17)8-16(3)12(20)15-13(11(18)19)6-4-5-7-13/h9H,4-8H2,1-3H3,(H,14,17)(H,15,20)(H,18,19). The van der Waals surface area contributed by atoms with E-state index in [-0.39, 0.29) is 18.5 Å². The van der Waals surface area contributed by atoms with Crippen LogP contribution in [0.2, 0.25) is 0 Å². The predicted octanol–water partition coefficient (Wildman–Crippen LogP) is 0.550. The zero-order valence-electron chi connectivity index (χ0n) is 12.2. The van der Waals surface area contributed by atoms with E-state index >= 15 is 0 Å². The molecule has 1 fully saturated rings. The lowest BCUT2D eigenvalue weighted by molar-refractivity contribution is -0.144. The van der Waals surface area contributed by atoms with Gasteiger partial charge in [0.1, 0.15) is 12.1 Å². The Morgan fingerprint density at radius 2 is 1.80 bits per heavy atom. The molecule has 3 amide bonds. The van der Waals surface area contributed by atoms with Crippen molar-refractivity contribution < 1.29 is 19.5 Å². The second kappa shape index (κ2) is 6.58. The Morgan fingerprint density at radius 1 is 1.25 bits per heavy atom. The van der Waals surface area contributed by atoms with E-state index in [9.17, 15) is 19.5 Å². The van der Waals surface area contributed by atoms with Gasteiger partial charge in [-0.3, -0.25) is 4.79 Å². The Labute approximate surface area is 118 Å². The second-order valence-electron chi connectivity index (χ2n) is 5.60. The zero-order chi connectivity index (χ0) is 15.3. The fourth-order valence-electron chi connectivity index (χ4n) is 2.33. The Bertz CT molecular complexity index is 389. The van der Waals surface area contributed by atoms with E-state index in [0.717, 1.165) is 12.8 Å². The molecule has 1 rings (SSSR count). The Kier molecular flexibility index (Phi) is 5.35. The first kappa shape index (κ1) is 16.3. The molecular weight excluding hydrogens is 262 g/mol. The summed E-state index contributed by atoms with van der Waals surface area (Å²) in [7, 11) is 1.47. The van der Waals surface area contributed by atoms with Gasteiger partial charge >= 0.3 is 12.0 Å². The third-order valence-corrected chi connectivity index (χ3v) is 3.39. The monoisotopic (exact) mass is 285 g/mol. The molecule has 0 unspecified atom stereocenters. The highest BCUT2D eigenvalue weighted by atomic mass is 16.4. The number of likely N-dealkylation sites (N-methyl/N-ethyl adjacent to an activating group) is 1. The summed E-state index contributed by atoms with van der Waals surface area (Å²) < 4.78 is 0. The van der Waals surface area contributed by atoms with Crippen LogP contribution >= 0.6 is 0 Å². The third kappa shape index (κ3) is 4.11. The van der Waals surface area contributed by atoms with Gasteiger partial charge in [0.05, 0.1) is 0 Å². The van der Waals surface area contributed by atoms with E-state index in [2.05, 4.69) is 10.6 Å². The maximum atomic E-state index is 12.0. The molecule has 0 atom stereocenters. The van der Waals surface area contributed by atoms with Crippen molar-refractivity contribution in [1.29, 1.82) is 0 Å². The van der Waals surface area contributed by atoms with Crippen LogP contribution in [-0.4, -0.2) is 53.1 Å². The van der Waals surface area contributed by atoms with E-state index < -0.39 is 17.5 Å². The van der Waals surface area contributed by atoms with Crippen LogP contribution in [0.5, 0.6) is 0 Å². The van der Waals surface area contributed by atoms with Crippen molar-refractivity contribution in [3.05, 3.63) is 0 Å². The molecule has 1 saturated carbocycles. The van der Waals surface area contributed by atoms with Gasteiger partial charge in [0, 0.05) is 13.1 Å². The van der Waals surface area contributed by atoms with Gasteiger partial charge in [-0.25, -0.2) is 9.59 Å². The number of urea groups is 1. The zero-order valence-corrected chi connectivity index (χ0v) is 12.2. The van der Waals surface area contributed by atoms with Crippen LogP contribution in [0.15, 0.2) is 0 Å². The van der Waals surface area contributed by atoms with Crippen LogP contribution in [0, 0.1) is 0 Å². The van der Waals surface area contributed by atoms with E-state index in [1.165, 1.54) is 11.9 Å². The number of carbonyl (C=O) groups excluding carboxylic acids is 2. The topological polar surface area (TPSA) is 98.7 Å². The van der Waals surface area contributed by atoms with Crippen molar-refractivity contribution in [2.45, 2.75) is 51.1 Å². The number of rotatable bonds is 5. The molecule has 0 saturated heterocycles. The Balaban J connectivity index is 2.56. The van der Waals surface area contributed by atoms with E-state index in [0.29, 0.717) is 12.8 Å². The van der Waals surface area contributed by atoms with Crippen LogP contribution in [0.4, 0.5) is 4.79 Å². The number of nitrogens with one attached hydrogen (secondary N) is 2. The van der Waals surface area contributed by atoms with Gasteiger partial charge in [0.2, 0.25) is 5.91 Å². The second-order valence-corrected chi connectivity index (χ2v) is 5.60. The minimum Gasteiger partial charge on any atom is -0.480 e. The largest absolute Gasteiger partial charge is 0.480 e. The van der Waals surface area contributed by atoms with Gasteiger partial charge in [0.15, 0.2) is 0 Å². The summed E-state index contributed by atoms with van der Waals surface area (Å²) in [5, 5.41) is 14.5. The molecule has 0 aromatic heterocycles. The smallest absolute Gasteiger partial charge is 0.329 e. The van der Waals surface area contributed by atoms with Crippen LogP contribution in [0.25, 0.3) is 0 Å². The normalized spacial score (nSPS) is 16.8. The summed E-state index contributed by atoms with van der Waals surface area (Å²) in [6.45, 7) is 3.56. The number of carbonyl (C=O) groups is 3. The van der Waals surface area contributed by atoms with Crippen molar-refractivity contribution >= 4 is 17.9 Å². The number of carboxylic acids is 1. The van der Waals surface area contributed by atoms with Crippen LogP contribution in [0.3, 0.4) is 0 Å². The minimum atomic E-state index is -1.18. The molecule has 0 radical (unpaired) electrons. The molecule has 114 valence electrons. The summed E-state index contributed by atoms with van der Waals surface area (Å²) in [4.78, 5) is 36.1. The first-order chi connectivity index (χ1) is 9.27. The summed E-state index contributed by atoms with van der Waals surface area (Å²) in [6, 6.07) is -0.535. The number of aliphatic carboxylic acids is 1. The van der Waals surface area contributed by atoms with E-state index in [1.807, 2.05) is 13.8 Å². The van der Waals surface area contributed by atoms with Crippen LogP contribution in [-0.2, 0) is 9.59 Å². The van der Waals surface area contributed by atoms with Gasteiger partial charge in [0.25, 0.3) is 0 Å². The maximum Gasteiger partial charge on any atom is 0.329 e. The van der Waals surface area contributed by atoms with Gasteiger partial charge in [-0.05, 0) is 26.7 Å². The van der Waals surface area contributed by atoms with Crippen LogP contribution < -0.4 is 10.6 Å². The van der Waals surface area contributed by atoms with Gasteiger partial charge in [-0.15, -0.1) is 0 Å². The molecule has 0 aromatic rings. The quantitative estimate of drug-likeness (QED) is 0.687. The number of carboxylic acid groups (broad SMARTS) is 1. The minimum absolute atomic E-state index is 0.000782. The van der Waals surface area contributed by atoms with E-state index in [1.54, 1.807) is 0 Å². The fraction of sp³-hybridized carbons (Fsp3) is 0.769.